The molecule has 0 unspecified atom stereocenters. The van der Waals surface area contributed by atoms with Crippen LogP contribution in [0.15, 0.2) is 61.1 Å². The molecule has 3 rings (SSSR count). The van der Waals surface area contributed by atoms with Gasteiger partial charge in [0.1, 0.15) is 29.4 Å². The van der Waals surface area contributed by atoms with Crippen LogP contribution in [0.2, 0.25) is 0 Å². The maximum Gasteiger partial charge on any atom is 0.303 e. The minimum absolute atomic E-state index is 0.0598. The number of carbonyl (C=O) groups is 2. The first-order valence-corrected chi connectivity index (χ1v) is 18.3. The fraction of sp³-hybridized carbons (Fsp3) is 0.487. The number of benzene rings is 2. The van der Waals surface area contributed by atoms with Gasteiger partial charge in [-0.3, -0.25) is 20.4 Å². The van der Waals surface area contributed by atoms with E-state index in [0.29, 0.717) is 80.9 Å². The van der Waals surface area contributed by atoms with Gasteiger partial charge < -0.3 is 39.6 Å². The fourth-order valence-electron chi connectivity index (χ4n) is 5.16. The molecule has 1 aromatic heterocycles. The number of nitrogens with one attached hydrogen (secondary N) is 4. The molecule has 3 aromatic rings. The Kier molecular flexibility index (Phi) is 20.2. The monoisotopic (exact) mass is 751 g/mol. The zero-order valence-electron chi connectivity index (χ0n) is 31.3. The number of aromatic nitrogens is 2. The van der Waals surface area contributed by atoms with Crippen LogP contribution in [0.1, 0.15) is 85.9 Å². The van der Waals surface area contributed by atoms with Crippen molar-refractivity contribution in [1.82, 2.24) is 20.2 Å². The second-order valence-electron chi connectivity index (χ2n) is 12.6. The zero-order chi connectivity index (χ0) is 39.0. The zero-order valence-corrected chi connectivity index (χ0v) is 31.3. The Bertz CT molecular complexity index is 1600. The lowest BCUT2D eigenvalue weighted by atomic mass is 10.1. The molecule has 54 heavy (non-hydrogen) atoms. The first-order valence-electron chi connectivity index (χ1n) is 18.3. The molecular weight excluding hydrogens is 697 g/mol. The fourth-order valence-corrected chi connectivity index (χ4v) is 5.16. The van der Waals surface area contributed by atoms with E-state index in [1.807, 2.05) is 0 Å². The number of carboxylic acid groups (broad SMARTS) is 1. The van der Waals surface area contributed by atoms with Crippen LogP contribution in [0, 0.1) is 16.6 Å². The number of halogens is 1. The Morgan fingerprint density at radius 2 is 1.54 bits per heavy atom. The third kappa shape index (κ3) is 16.8. The summed E-state index contributed by atoms with van der Waals surface area (Å²) in [6.45, 7) is 5.63. The van der Waals surface area contributed by atoms with Gasteiger partial charge in [0.15, 0.2) is 5.84 Å². The van der Waals surface area contributed by atoms with Crippen LogP contribution < -0.4 is 15.4 Å². The lowest BCUT2D eigenvalue weighted by molar-refractivity contribution is -0.137. The number of hydrogen-bond donors (Lipinski definition) is 5. The molecule has 15 heteroatoms. The number of carbonyl (C=O) groups excluding carboxylic acids is 1. The van der Waals surface area contributed by atoms with Crippen LogP contribution in [0.4, 0.5) is 10.1 Å². The maximum atomic E-state index is 14.8. The van der Waals surface area contributed by atoms with Crippen molar-refractivity contribution in [3.8, 4) is 5.75 Å². The summed E-state index contributed by atoms with van der Waals surface area (Å²) in [5.41, 5.74) is 1.69. The topological polar surface area (TPSA) is 192 Å². The number of anilines is 1. The maximum absolute atomic E-state index is 14.8. The van der Waals surface area contributed by atoms with E-state index in [-0.39, 0.29) is 30.5 Å². The van der Waals surface area contributed by atoms with E-state index >= 15 is 0 Å². The van der Waals surface area contributed by atoms with Crippen molar-refractivity contribution in [1.29, 1.82) is 10.8 Å². The summed E-state index contributed by atoms with van der Waals surface area (Å²) < 4.78 is 37.3. The molecule has 14 nitrogen and oxygen atoms in total. The van der Waals surface area contributed by atoms with Gasteiger partial charge in [-0.05, 0) is 81.5 Å². The average Bonchev–Trinajstić information content (AvgIpc) is 3.18. The molecule has 1 atom stereocenters. The van der Waals surface area contributed by atoms with Crippen LogP contribution in [-0.2, 0) is 19.0 Å². The summed E-state index contributed by atoms with van der Waals surface area (Å²) >= 11 is 0. The minimum Gasteiger partial charge on any atom is -0.494 e. The number of amides is 1. The van der Waals surface area contributed by atoms with Gasteiger partial charge in [0.2, 0.25) is 0 Å². The number of aliphatic carboxylic acids is 1. The van der Waals surface area contributed by atoms with E-state index in [9.17, 15) is 14.0 Å². The highest BCUT2D eigenvalue weighted by Gasteiger charge is 2.17. The first kappa shape index (κ1) is 43.4. The number of nitrogens with zero attached hydrogens (tertiary/aromatic N) is 3. The molecule has 0 radical (unpaired) electrons. The average molecular weight is 752 g/mol. The summed E-state index contributed by atoms with van der Waals surface area (Å²) in [6.07, 6.45) is 9.19. The highest BCUT2D eigenvalue weighted by Crippen LogP contribution is 2.24. The van der Waals surface area contributed by atoms with Gasteiger partial charge in [-0.25, -0.2) is 14.4 Å². The Morgan fingerprint density at radius 1 is 0.870 bits per heavy atom. The molecule has 0 saturated carbocycles. The molecule has 0 saturated heterocycles. The second-order valence-corrected chi connectivity index (χ2v) is 12.6. The van der Waals surface area contributed by atoms with E-state index < -0.39 is 17.8 Å². The molecule has 1 amide bonds. The van der Waals surface area contributed by atoms with Gasteiger partial charge >= 0.3 is 5.97 Å². The number of ether oxygens (including phenoxy) is 4. The third-order valence-corrected chi connectivity index (χ3v) is 8.31. The SMILES string of the molecule is C[C@@H](NC(=O)c1cccc(NCC(=N)N(C)C(=N)c2ccncn2)c1)c1cc(OCCCCCCOCCOCCOCCCCCC(=O)O)ccc1F. The number of amidine groups is 2. The van der Waals surface area contributed by atoms with Crippen molar-refractivity contribution in [3.63, 3.8) is 0 Å². The summed E-state index contributed by atoms with van der Waals surface area (Å²) in [5, 5.41) is 31.2. The Hall–Kier alpha value is -4.99. The first-order chi connectivity index (χ1) is 26.2. The van der Waals surface area contributed by atoms with E-state index in [1.165, 1.54) is 23.5 Å². The molecule has 0 spiro atoms. The Labute approximate surface area is 316 Å². The van der Waals surface area contributed by atoms with Gasteiger partial charge in [-0.1, -0.05) is 18.9 Å². The molecule has 5 N–H and O–H groups in total. The van der Waals surface area contributed by atoms with Crippen LogP contribution in [0.3, 0.4) is 0 Å². The number of unbranched alkanes of at least 4 members (excludes halogenated alkanes) is 5. The molecule has 1 heterocycles. The van der Waals surface area contributed by atoms with Gasteiger partial charge in [0.05, 0.1) is 45.6 Å². The number of hydrogen-bond acceptors (Lipinski definition) is 11. The molecule has 2 aromatic carbocycles. The van der Waals surface area contributed by atoms with E-state index in [1.54, 1.807) is 56.4 Å². The Morgan fingerprint density at radius 3 is 2.20 bits per heavy atom. The number of likely N-dealkylation sites (N-methyl/N-ethyl adjacent to an activating group) is 1. The van der Waals surface area contributed by atoms with Crippen molar-refractivity contribution >= 4 is 29.2 Å². The van der Waals surface area contributed by atoms with Gasteiger partial charge in [0.25, 0.3) is 5.91 Å². The highest BCUT2D eigenvalue weighted by molar-refractivity contribution is 6.06. The lowest BCUT2D eigenvalue weighted by Crippen LogP contribution is -2.37. The van der Waals surface area contributed by atoms with Crippen molar-refractivity contribution in [3.05, 3.63) is 83.7 Å². The second kappa shape index (κ2) is 25.1. The van der Waals surface area contributed by atoms with Crippen molar-refractivity contribution in [2.24, 2.45) is 0 Å². The lowest BCUT2D eigenvalue weighted by Gasteiger charge is -2.21. The van der Waals surface area contributed by atoms with Crippen LogP contribution in [0.5, 0.6) is 5.75 Å². The molecule has 0 fully saturated rings. The highest BCUT2D eigenvalue weighted by atomic mass is 19.1. The van der Waals surface area contributed by atoms with Crippen molar-refractivity contribution in [2.45, 2.75) is 64.3 Å². The quantitative estimate of drug-likeness (QED) is 0.0344. The number of carboxylic acids is 1. The van der Waals surface area contributed by atoms with E-state index in [2.05, 4.69) is 20.6 Å². The summed E-state index contributed by atoms with van der Waals surface area (Å²) in [7, 11) is 1.61. The smallest absolute Gasteiger partial charge is 0.303 e. The molecule has 294 valence electrons. The third-order valence-electron chi connectivity index (χ3n) is 8.31. The van der Waals surface area contributed by atoms with Gasteiger partial charge in [-0.2, -0.15) is 0 Å². The van der Waals surface area contributed by atoms with Crippen molar-refractivity contribution in [2.75, 3.05) is 65.2 Å². The van der Waals surface area contributed by atoms with Gasteiger partial charge in [-0.15, -0.1) is 0 Å². The van der Waals surface area contributed by atoms with Crippen LogP contribution in [0.25, 0.3) is 0 Å². The molecule has 0 bridgehead atoms. The predicted octanol–water partition coefficient (Wildman–Crippen LogP) is 6.09. The molecule has 0 aliphatic carbocycles. The van der Waals surface area contributed by atoms with Gasteiger partial charge in [0, 0.05) is 49.7 Å². The molecule has 0 aliphatic rings. The predicted molar refractivity (Wildman–Crippen MR) is 204 cm³/mol. The largest absolute Gasteiger partial charge is 0.494 e. The van der Waals surface area contributed by atoms with E-state index in [4.69, 9.17) is 34.9 Å². The van der Waals surface area contributed by atoms with Crippen molar-refractivity contribution < 1.29 is 38.0 Å². The summed E-state index contributed by atoms with van der Waals surface area (Å²) in [5.74, 6) is -0.865. The molecule has 0 aliphatic heterocycles. The normalized spacial score (nSPS) is 11.5. The summed E-state index contributed by atoms with van der Waals surface area (Å²) in [4.78, 5) is 32.9. The standard InChI is InChI=1S/C39H54FN7O7/c1-29(46-39(50)30-11-10-12-31(25-30)44-27-36(41)47(2)38(42)35-16-17-43-28-45-35)33-26-32(14-15-34(33)40)54-20-9-4-3-7-18-51-21-23-53-24-22-52-19-8-5-6-13-37(48)49/h10-12,14-17,25-26,28-29,41-42,44H,3-9,13,18-24,27H2,1-2H3,(H,46,50)(H,48,49)/t29-/m1/s1. The number of rotatable bonds is 27. The molecular formula is C39H54FN7O7. The minimum atomic E-state index is -0.760. The van der Waals surface area contributed by atoms with E-state index in [0.717, 1.165) is 38.5 Å². The van der Waals surface area contributed by atoms with Crippen LogP contribution in [-0.4, -0.2) is 103 Å². The summed E-state index contributed by atoms with van der Waals surface area (Å²) in [6, 6.07) is 12.3. The Balaban J connectivity index is 1.27. The van der Waals surface area contributed by atoms with Crippen LogP contribution >= 0.6 is 0 Å².